The largest absolute Gasteiger partial charge is 0.493 e. The summed E-state index contributed by atoms with van der Waals surface area (Å²) in [6.07, 6.45) is 13.7. The molecule has 6 N–H and O–H groups in total. The quantitative estimate of drug-likeness (QED) is 0.158. The van der Waals surface area contributed by atoms with Crippen LogP contribution < -0.4 is 31.7 Å². The lowest BCUT2D eigenvalue weighted by atomic mass is 10.1. The average Bonchev–Trinajstić information content (AvgIpc) is 2.81. The Bertz CT molecular complexity index is 762. The summed E-state index contributed by atoms with van der Waals surface area (Å²) in [6.45, 7) is 4.16. The molecule has 1 aromatic carbocycles. The number of methoxy groups -OCH3 is 1. The van der Waals surface area contributed by atoms with Crippen molar-refractivity contribution < 1.29 is 9.47 Å². The summed E-state index contributed by atoms with van der Waals surface area (Å²) in [7, 11) is 1.63. The van der Waals surface area contributed by atoms with Gasteiger partial charge in [0.05, 0.1) is 25.4 Å². The van der Waals surface area contributed by atoms with E-state index in [-0.39, 0.29) is 12.0 Å². The summed E-state index contributed by atoms with van der Waals surface area (Å²) in [5.74, 6) is 1.31. The summed E-state index contributed by atoms with van der Waals surface area (Å²) >= 11 is 0. The van der Waals surface area contributed by atoms with E-state index < -0.39 is 0 Å². The average molecular weight is 430 g/mol. The van der Waals surface area contributed by atoms with Gasteiger partial charge in [0.25, 0.3) is 0 Å². The Balaban J connectivity index is 1.44. The van der Waals surface area contributed by atoms with Crippen LogP contribution in [-0.4, -0.2) is 55.3 Å². The van der Waals surface area contributed by atoms with Gasteiger partial charge in [-0.25, -0.2) is 0 Å². The van der Waals surface area contributed by atoms with Crippen LogP contribution in [0.5, 0.6) is 11.5 Å². The molecule has 1 atom stereocenters. The summed E-state index contributed by atoms with van der Waals surface area (Å²) in [6, 6.07) is 5.61. The number of allylic oxidation sites excluding steroid dienone is 2. The second-order valence-electron chi connectivity index (χ2n) is 7.70. The van der Waals surface area contributed by atoms with Gasteiger partial charge in [0.15, 0.2) is 11.5 Å². The maximum Gasteiger partial charge on any atom is 0.204 e. The summed E-state index contributed by atoms with van der Waals surface area (Å²) in [5.41, 5.74) is 15.3. The molecule has 170 valence electrons. The van der Waals surface area contributed by atoms with Crippen LogP contribution in [0, 0.1) is 5.41 Å². The Morgan fingerprint density at radius 1 is 1.23 bits per heavy atom. The van der Waals surface area contributed by atoms with E-state index in [1.54, 1.807) is 12.1 Å². The van der Waals surface area contributed by atoms with Crippen LogP contribution >= 0.6 is 0 Å². The van der Waals surface area contributed by atoms with Crippen LogP contribution in [0.25, 0.3) is 0 Å². The van der Waals surface area contributed by atoms with Gasteiger partial charge in [-0.05, 0) is 50.9 Å². The Morgan fingerprint density at radius 2 is 2.06 bits per heavy atom. The van der Waals surface area contributed by atoms with E-state index in [9.17, 15) is 0 Å². The molecule has 0 aromatic heterocycles. The normalized spacial score (nSPS) is 18.5. The number of benzene rings is 1. The van der Waals surface area contributed by atoms with Crippen LogP contribution in [0.1, 0.15) is 32.1 Å². The molecule has 1 saturated heterocycles. The number of likely N-dealkylation sites (tertiary alicyclic amines) is 1. The van der Waals surface area contributed by atoms with Crippen molar-refractivity contribution in [3.05, 3.63) is 42.5 Å². The molecular formula is C22H35N7O2. The van der Waals surface area contributed by atoms with Crippen LogP contribution in [-0.2, 0) is 0 Å². The fraction of sp³-hybridized carbons (Fsp3) is 0.500. The summed E-state index contributed by atoms with van der Waals surface area (Å²) in [4.78, 5) is 2.51. The minimum absolute atomic E-state index is 0.0351. The zero-order valence-corrected chi connectivity index (χ0v) is 18.3. The van der Waals surface area contributed by atoms with Gasteiger partial charge >= 0.3 is 0 Å². The highest BCUT2D eigenvalue weighted by Crippen LogP contribution is 2.30. The van der Waals surface area contributed by atoms with E-state index in [4.69, 9.17) is 20.6 Å². The van der Waals surface area contributed by atoms with Crippen molar-refractivity contribution in [1.82, 2.24) is 21.0 Å². The SMILES string of the molecule is COc1cc(NNNN(C(=N)N)C2C=CC=CC2)ccc1OCCCN1CCCCC1. The molecule has 9 nitrogen and oxygen atoms in total. The second-order valence-corrected chi connectivity index (χ2v) is 7.70. The number of nitrogens with two attached hydrogens (primary N) is 1. The number of hydrazine groups is 3. The van der Waals surface area contributed by atoms with E-state index >= 15 is 0 Å². The molecule has 9 heteroatoms. The van der Waals surface area contributed by atoms with Crippen molar-refractivity contribution in [2.75, 3.05) is 38.8 Å². The Kier molecular flexibility index (Phi) is 9.01. The predicted octanol–water partition coefficient (Wildman–Crippen LogP) is 2.37. The van der Waals surface area contributed by atoms with Gasteiger partial charge in [-0.1, -0.05) is 30.7 Å². The first kappa shape index (κ1) is 22.9. The Morgan fingerprint density at radius 3 is 2.77 bits per heavy atom. The summed E-state index contributed by atoms with van der Waals surface area (Å²) < 4.78 is 11.4. The van der Waals surface area contributed by atoms with Crippen molar-refractivity contribution in [1.29, 1.82) is 5.41 Å². The molecule has 0 radical (unpaired) electrons. The molecule has 1 aromatic rings. The monoisotopic (exact) mass is 429 g/mol. The lowest BCUT2D eigenvalue weighted by Gasteiger charge is -2.30. The molecule has 0 bridgehead atoms. The van der Waals surface area contributed by atoms with Gasteiger partial charge in [0.2, 0.25) is 5.96 Å². The topological polar surface area (TPSA) is 111 Å². The zero-order valence-electron chi connectivity index (χ0n) is 18.3. The molecule has 1 fully saturated rings. The number of piperidine rings is 1. The van der Waals surface area contributed by atoms with Crippen LogP contribution in [0.15, 0.2) is 42.5 Å². The van der Waals surface area contributed by atoms with Crippen molar-refractivity contribution in [2.45, 2.75) is 38.1 Å². The van der Waals surface area contributed by atoms with Gasteiger partial charge in [-0.15, -0.1) is 5.53 Å². The fourth-order valence-corrected chi connectivity index (χ4v) is 3.76. The molecule has 0 amide bonds. The molecule has 3 rings (SSSR count). The minimum atomic E-state index is -0.0786. The molecule has 0 spiro atoms. The molecule has 2 aliphatic rings. The van der Waals surface area contributed by atoms with Gasteiger partial charge < -0.3 is 25.5 Å². The van der Waals surface area contributed by atoms with E-state index in [1.165, 1.54) is 32.4 Å². The van der Waals surface area contributed by atoms with E-state index in [2.05, 4.69) is 21.4 Å². The lowest BCUT2D eigenvalue weighted by Crippen LogP contribution is -2.58. The predicted molar refractivity (Wildman–Crippen MR) is 124 cm³/mol. The number of guanidine groups is 1. The first-order valence-electron chi connectivity index (χ1n) is 10.9. The maximum absolute atomic E-state index is 7.78. The van der Waals surface area contributed by atoms with Gasteiger partial charge in [0.1, 0.15) is 0 Å². The highest BCUT2D eigenvalue weighted by molar-refractivity contribution is 5.74. The fourth-order valence-electron chi connectivity index (χ4n) is 3.76. The van der Waals surface area contributed by atoms with Crippen molar-refractivity contribution in [3.8, 4) is 11.5 Å². The zero-order chi connectivity index (χ0) is 21.9. The standard InChI is InChI=1S/C22H35N7O2/c1-30-21-17-18(25-26-27-29(22(23)24)19-9-4-2-5-10-19)11-12-20(21)31-16-8-15-28-13-6-3-7-14-28/h2,4-5,9,11-12,17,19,25-27H,3,6-8,10,13-16H2,1H3,(H3,23,24). The van der Waals surface area contributed by atoms with Crippen molar-refractivity contribution in [3.63, 3.8) is 0 Å². The van der Waals surface area contributed by atoms with E-state index in [0.717, 1.165) is 30.8 Å². The van der Waals surface area contributed by atoms with Crippen LogP contribution in [0.2, 0.25) is 0 Å². The lowest BCUT2D eigenvalue weighted by molar-refractivity contribution is 0.203. The second kappa shape index (κ2) is 12.2. The number of hydrogen-bond donors (Lipinski definition) is 5. The van der Waals surface area contributed by atoms with Gasteiger partial charge in [-0.3, -0.25) is 10.4 Å². The van der Waals surface area contributed by atoms with Crippen LogP contribution in [0.4, 0.5) is 5.69 Å². The number of anilines is 1. The first-order valence-corrected chi connectivity index (χ1v) is 10.9. The third-order valence-electron chi connectivity index (χ3n) is 5.42. The first-order chi connectivity index (χ1) is 15.2. The smallest absolute Gasteiger partial charge is 0.204 e. The highest BCUT2D eigenvalue weighted by atomic mass is 16.5. The van der Waals surface area contributed by atoms with Gasteiger partial charge in [-0.2, -0.15) is 5.53 Å². The third kappa shape index (κ3) is 7.16. The molecule has 1 unspecified atom stereocenters. The third-order valence-corrected chi connectivity index (χ3v) is 5.42. The van der Waals surface area contributed by atoms with Gasteiger partial charge in [0, 0.05) is 12.6 Å². The number of nitrogens with zero attached hydrogens (tertiary/aromatic N) is 2. The number of hydrogen-bond acceptors (Lipinski definition) is 7. The van der Waals surface area contributed by atoms with E-state index in [0.29, 0.717) is 12.4 Å². The molecule has 1 heterocycles. The van der Waals surface area contributed by atoms with Crippen molar-refractivity contribution in [2.24, 2.45) is 5.73 Å². The molecular weight excluding hydrogens is 394 g/mol. The number of nitrogens with one attached hydrogen (secondary N) is 4. The number of rotatable bonds is 11. The molecule has 0 saturated carbocycles. The Hall–Kier alpha value is -2.75. The number of ether oxygens (including phenoxy) is 2. The highest BCUT2D eigenvalue weighted by Gasteiger charge is 2.17. The molecule has 31 heavy (non-hydrogen) atoms. The maximum atomic E-state index is 7.78. The van der Waals surface area contributed by atoms with E-state index in [1.807, 2.05) is 42.5 Å². The molecule has 1 aliphatic carbocycles. The minimum Gasteiger partial charge on any atom is -0.493 e. The summed E-state index contributed by atoms with van der Waals surface area (Å²) in [5, 5.41) is 9.33. The van der Waals surface area contributed by atoms with Crippen molar-refractivity contribution >= 4 is 11.6 Å². The van der Waals surface area contributed by atoms with Crippen LogP contribution in [0.3, 0.4) is 0 Å². The Labute approximate surface area is 184 Å². The molecule has 1 aliphatic heterocycles.